The number of quaternary nitrogens is 1. The van der Waals surface area contributed by atoms with Gasteiger partial charge in [-0.2, -0.15) is 0 Å². The van der Waals surface area contributed by atoms with Crippen LogP contribution in [0.2, 0.25) is 0 Å². The first kappa shape index (κ1) is 57.5. The molecule has 0 amide bonds. The van der Waals surface area contributed by atoms with Crippen molar-refractivity contribution in [3.05, 3.63) is 48.6 Å². The molecule has 0 aliphatic carbocycles. The maximum absolute atomic E-state index is 12.7. The third-order valence-corrected chi connectivity index (χ3v) is 11.3. The Kier molecular flexibility index (Phi) is 42.0. The summed E-state index contributed by atoms with van der Waals surface area (Å²) >= 11 is 0. The fourth-order valence-corrected chi connectivity index (χ4v) is 7.30. The van der Waals surface area contributed by atoms with Gasteiger partial charge in [-0.25, -0.2) is 4.57 Å². The number of carbonyl (C=O) groups is 1. The standard InChI is InChI=1S/C50H94NO7P/c1-6-8-10-12-14-16-18-20-21-22-23-24-25-26-27-28-29-30-32-34-36-38-40-42-45-55-47-49(48-57-59(53,54)56-46-44-51(3,4)5)58-50(52)43-41-39-37-35-33-31-19-17-15-13-11-9-7-2/h11,13,17-20,22-23,49H,6-10,12,14-16,21,24-48H2,1-5H3/p+1/b13-11-,19-17-,20-18-,23-22-. The van der Waals surface area contributed by atoms with Gasteiger partial charge in [0.25, 0.3) is 0 Å². The molecule has 0 aromatic heterocycles. The summed E-state index contributed by atoms with van der Waals surface area (Å²) in [5.74, 6) is -0.328. The number of esters is 1. The van der Waals surface area contributed by atoms with Gasteiger partial charge in [0, 0.05) is 13.0 Å². The second kappa shape index (κ2) is 43.1. The average Bonchev–Trinajstić information content (AvgIpc) is 3.19. The van der Waals surface area contributed by atoms with Crippen LogP contribution >= 0.6 is 7.82 Å². The highest BCUT2D eigenvalue weighted by molar-refractivity contribution is 7.47. The van der Waals surface area contributed by atoms with Crippen molar-refractivity contribution in [2.75, 3.05) is 54.1 Å². The zero-order valence-corrected chi connectivity index (χ0v) is 40.1. The van der Waals surface area contributed by atoms with E-state index in [1.54, 1.807) is 0 Å². The first-order valence-electron chi connectivity index (χ1n) is 24.4. The maximum Gasteiger partial charge on any atom is 0.472 e. The number of phosphoric acid groups is 1. The van der Waals surface area contributed by atoms with Gasteiger partial charge in [0.2, 0.25) is 0 Å². The van der Waals surface area contributed by atoms with E-state index in [0.717, 1.165) is 70.6 Å². The average molecular weight is 853 g/mol. The van der Waals surface area contributed by atoms with E-state index in [-0.39, 0.29) is 25.8 Å². The molecule has 59 heavy (non-hydrogen) atoms. The minimum atomic E-state index is -4.28. The topological polar surface area (TPSA) is 91.3 Å². The third kappa shape index (κ3) is 47.4. The molecule has 0 heterocycles. The molecule has 0 saturated heterocycles. The van der Waals surface area contributed by atoms with Gasteiger partial charge in [0.15, 0.2) is 0 Å². The van der Waals surface area contributed by atoms with Crippen LogP contribution in [-0.2, 0) is 27.9 Å². The molecule has 0 spiro atoms. The highest BCUT2D eigenvalue weighted by atomic mass is 31.2. The monoisotopic (exact) mass is 853 g/mol. The normalized spacial score (nSPS) is 14.1. The summed E-state index contributed by atoms with van der Waals surface area (Å²) in [6.07, 6.45) is 53.0. The van der Waals surface area contributed by atoms with Crippen LogP contribution < -0.4 is 0 Å². The van der Waals surface area contributed by atoms with Crippen LogP contribution in [0.25, 0.3) is 0 Å². The van der Waals surface area contributed by atoms with E-state index < -0.39 is 13.9 Å². The van der Waals surface area contributed by atoms with E-state index in [1.165, 1.54) is 116 Å². The number of likely N-dealkylation sites (N-methyl/N-ethyl adjacent to an activating group) is 1. The van der Waals surface area contributed by atoms with Crippen molar-refractivity contribution in [1.29, 1.82) is 0 Å². The molecule has 0 saturated carbocycles. The van der Waals surface area contributed by atoms with Crippen LogP contribution in [0, 0.1) is 0 Å². The summed E-state index contributed by atoms with van der Waals surface area (Å²) in [5.41, 5.74) is 0. The van der Waals surface area contributed by atoms with E-state index in [4.69, 9.17) is 18.5 Å². The fraction of sp³-hybridized carbons (Fsp3) is 0.820. The molecular formula is C50H95NO7P+. The van der Waals surface area contributed by atoms with Gasteiger partial charge in [0.1, 0.15) is 19.3 Å². The van der Waals surface area contributed by atoms with Crippen LogP contribution in [0.3, 0.4) is 0 Å². The molecular weight excluding hydrogens is 758 g/mol. The molecule has 346 valence electrons. The van der Waals surface area contributed by atoms with Gasteiger partial charge in [0.05, 0.1) is 34.4 Å². The van der Waals surface area contributed by atoms with Gasteiger partial charge >= 0.3 is 13.8 Å². The number of rotatable bonds is 45. The Morgan fingerprint density at radius 1 is 0.525 bits per heavy atom. The second-order valence-electron chi connectivity index (χ2n) is 17.5. The minimum Gasteiger partial charge on any atom is -0.457 e. The lowest BCUT2D eigenvalue weighted by Gasteiger charge is -2.24. The van der Waals surface area contributed by atoms with Crippen molar-refractivity contribution in [3.63, 3.8) is 0 Å². The Morgan fingerprint density at radius 3 is 1.44 bits per heavy atom. The minimum absolute atomic E-state index is 0.0845. The van der Waals surface area contributed by atoms with Crippen molar-refractivity contribution in [2.45, 2.75) is 213 Å². The van der Waals surface area contributed by atoms with E-state index in [0.29, 0.717) is 24.1 Å². The Hall–Kier alpha value is -1.54. The predicted octanol–water partition coefficient (Wildman–Crippen LogP) is 14.7. The molecule has 0 rings (SSSR count). The van der Waals surface area contributed by atoms with Gasteiger partial charge in [-0.3, -0.25) is 13.8 Å². The molecule has 0 bridgehead atoms. The Balaban J connectivity index is 4.10. The number of unbranched alkanes of at least 4 members (excludes halogenated alkanes) is 23. The van der Waals surface area contributed by atoms with E-state index in [1.807, 2.05) is 21.1 Å². The third-order valence-electron chi connectivity index (χ3n) is 10.3. The van der Waals surface area contributed by atoms with Gasteiger partial charge in [-0.15, -0.1) is 0 Å². The zero-order chi connectivity index (χ0) is 43.4. The first-order valence-corrected chi connectivity index (χ1v) is 25.9. The maximum atomic E-state index is 12.7. The number of hydrogen-bond donors (Lipinski definition) is 1. The molecule has 8 nitrogen and oxygen atoms in total. The lowest BCUT2D eigenvalue weighted by molar-refractivity contribution is -0.870. The Labute approximate surface area is 365 Å². The number of carbonyl (C=O) groups excluding carboxylic acids is 1. The quantitative estimate of drug-likeness (QED) is 0.0214. The van der Waals surface area contributed by atoms with Crippen LogP contribution in [0.4, 0.5) is 0 Å². The number of allylic oxidation sites excluding steroid dienone is 8. The van der Waals surface area contributed by atoms with Gasteiger partial charge < -0.3 is 18.9 Å². The summed E-state index contributed by atoms with van der Waals surface area (Å²) < 4.78 is 35.0. The molecule has 0 radical (unpaired) electrons. The lowest BCUT2D eigenvalue weighted by atomic mass is 10.0. The highest BCUT2D eigenvalue weighted by Gasteiger charge is 2.26. The van der Waals surface area contributed by atoms with E-state index in [9.17, 15) is 14.3 Å². The van der Waals surface area contributed by atoms with E-state index in [2.05, 4.69) is 62.5 Å². The SMILES string of the molecule is CCC/C=C\C/C=C\CCCCCCCC(=O)OC(COCCCCCCCCCCCCCC/C=C\C/C=C\CCCCCCC)COP(=O)(O)OCC[N+](C)(C)C. The van der Waals surface area contributed by atoms with Crippen molar-refractivity contribution in [2.24, 2.45) is 0 Å². The smallest absolute Gasteiger partial charge is 0.457 e. The fourth-order valence-electron chi connectivity index (χ4n) is 6.56. The molecule has 2 unspecified atom stereocenters. The summed E-state index contributed by atoms with van der Waals surface area (Å²) in [7, 11) is 1.66. The lowest BCUT2D eigenvalue weighted by Crippen LogP contribution is -2.37. The summed E-state index contributed by atoms with van der Waals surface area (Å²) in [4.78, 5) is 22.9. The molecule has 0 fully saturated rings. The molecule has 2 atom stereocenters. The second-order valence-corrected chi connectivity index (χ2v) is 18.9. The van der Waals surface area contributed by atoms with Crippen molar-refractivity contribution < 1.29 is 37.3 Å². The Morgan fingerprint density at radius 2 is 0.966 bits per heavy atom. The zero-order valence-electron chi connectivity index (χ0n) is 39.2. The van der Waals surface area contributed by atoms with E-state index >= 15 is 0 Å². The van der Waals surface area contributed by atoms with Crippen molar-refractivity contribution >= 4 is 13.8 Å². The van der Waals surface area contributed by atoms with Crippen LogP contribution in [0.15, 0.2) is 48.6 Å². The summed E-state index contributed by atoms with van der Waals surface area (Å²) in [6, 6.07) is 0. The van der Waals surface area contributed by atoms with Crippen molar-refractivity contribution in [3.8, 4) is 0 Å². The number of nitrogens with zero attached hydrogens (tertiary/aromatic N) is 1. The van der Waals surface area contributed by atoms with Crippen LogP contribution in [0.1, 0.15) is 206 Å². The number of hydrogen-bond acceptors (Lipinski definition) is 6. The molecule has 9 heteroatoms. The predicted molar refractivity (Wildman–Crippen MR) is 252 cm³/mol. The highest BCUT2D eigenvalue weighted by Crippen LogP contribution is 2.43. The Bertz CT molecular complexity index is 1080. The molecule has 0 aromatic rings. The number of phosphoric ester groups is 1. The van der Waals surface area contributed by atoms with Gasteiger partial charge in [-0.1, -0.05) is 178 Å². The summed E-state index contributed by atoms with van der Waals surface area (Å²) in [6.45, 7) is 5.54. The molecule has 0 aliphatic rings. The van der Waals surface area contributed by atoms with Crippen molar-refractivity contribution in [1.82, 2.24) is 0 Å². The van der Waals surface area contributed by atoms with Gasteiger partial charge in [-0.05, 0) is 70.6 Å². The first-order chi connectivity index (χ1) is 28.6. The largest absolute Gasteiger partial charge is 0.472 e. The molecule has 0 aliphatic heterocycles. The number of ether oxygens (including phenoxy) is 2. The molecule has 1 N–H and O–H groups in total. The van der Waals surface area contributed by atoms with Crippen LogP contribution in [-0.4, -0.2) is 75.6 Å². The van der Waals surface area contributed by atoms with Crippen LogP contribution in [0.5, 0.6) is 0 Å². The summed E-state index contributed by atoms with van der Waals surface area (Å²) in [5, 5.41) is 0. The molecule has 0 aromatic carbocycles.